The minimum atomic E-state index is 0.233. The Labute approximate surface area is 104 Å². The Morgan fingerprint density at radius 2 is 2.06 bits per heavy atom. The van der Waals surface area contributed by atoms with E-state index in [2.05, 4.69) is 22.8 Å². The molecule has 1 unspecified atom stereocenters. The van der Waals surface area contributed by atoms with Gasteiger partial charge < -0.3 is 15.4 Å². The number of nitrogens with one attached hydrogen (secondary N) is 2. The summed E-state index contributed by atoms with van der Waals surface area (Å²) in [6.07, 6.45) is 2.74. The molecule has 1 aromatic carbocycles. The summed E-state index contributed by atoms with van der Waals surface area (Å²) in [7, 11) is 0. The van der Waals surface area contributed by atoms with Gasteiger partial charge in [-0.05, 0) is 57.5 Å². The van der Waals surface area contributed by atoms with Gasteiger partial charge in [0.25, 0.3) is 0 Å². The van der Waals surface area contributed by atoms with E-state index < -0.39 is 0 Å². The summed E-state index contributed by atoms with van der Waals surface area (Å²) in [6, 6.07) is 8.79. The summed E-state index contributed by atoms with van der Waals surface area (Å²) in [5.41, 5.74) is 1.18. The summed E-state index contributed by atoms with van der Waals surface area (Å²) in [5.74, 6) is 0.937. The lowest BCUT2D eigenvalue weighted by Crippen LogP contribution is -2.38. The summed E-state index contributed by atoms with van der Waals surface area (Å²) in [4.78, 5) is 0. The van der Waals surface area contributed by atoms with Gasteiger partial charge in [-0.3, -0.25) is 0 Å². The Morgan fingerprint density at radius 3 is 2.65 bits per heavy atom. The molecule has 1 aliphatic rings. The Bertz CT molecular complexity index is 329. The molecule has 1 saturated heterocycles. The van der Waals surface area contributed by atoms with Crippen LogP contribution in [0.3, 0.4) is 0 Å². The van der Waals surface area contributed by atoms with Gasteiger partial charge in [-0.25, -0.2) is 0 Å². The van der Waals surface area contributed by atoms with E-state index in [1.165, 1.54) is 18.5 Å². The van der Waals surface area contributed by atoms with Crippen LogP contribution in [0.25, 0.3) is 0 Å². The molecule has 0 spiro atoms. The molecular formula is C14H22N2O. The SMILES string of the molecule is CC(C)Oc1ccc(NC2CCCNC2)cc1. The summed E-state index contributed by atoms with van der Waals surface area (Å²) in [6.45, 7) is 6.29. The fraction of sp³-hybridized carbons (Fsp3) is 0.571. The van der Waals surface area contributed by atoms with Crippen LogP contribution in [0.4, 0.5) is 5.69 Å². The average molecular weight is 234 g/mol. The summed E-state index contributed by atoms with van der Waals surface area (Å²) in [5, 5.41) is 6.95. The molecule has 3 heteroatoms. The van der Waals surface area contributed by atoms with Crippen LogP contribution in [0.1, 0.15) is 26.7 Å². The molecule has 3 nitrogen and oxygen atoms in total. The van der Waals surface area contributed by atoms with E-state index in [1.54, 1.807) is 0 Å². The zero-order valence-corrected chi connectivity index (χ0v) is 10.7. The molecule has 94 valence electrons. The third-order valence-corrected chi connectivity index (χ3v) is 2.89. The van der Waals surface area contributed by atoms with E-state index >= 15 is 0 Å². The molecule has 2 N–H and O–H groups in total. The standard InChI is InChI=1S/C14H22N2O/c1-11(2)17-14-7-5-12(6-8-14)16-13-4-3-9-15-10-13/h5-8,11,13,15-16H,3-4,9-10H2,1-2H3. The largest absolute Gasteiger partial charge is 0.491 e. The monoisotopic (exact) mass is 234 g/mol. The van der Waals surface area contributed by atoms with Gasteiger partial charge in [0, 0.05) is 18.3 Å². The van der Waals surface area contributed by atoms with Crippen molar-refractivity contribution >= 4 is 5.69 Å². The van der Waals surface area contributed by atoms with E-state index in [9.17, 15) is 0 Å². The van der Waals surface area contributed by atoms with Gasteiger partial charge in [0.05, 0.1) is 6.10 Å². The van der Waals surface area contributed by atoms with Crippen molar-refractivity contribution in [3.8, 4) is 5.75 Å². The van der Waals surface area contributed by atoms with Crippen LogP contribution in [0.2, 0.25) is 0 Å². The second-order valence-corrected chi connectivity index (χ2v) is 4.88. The molecule has 0 saturated carbocycles. The molecule has 1 aliphatic heterocycles. The third kappa shape index (κ3) is 3.93. The van der Waals surface area contributed by atoms with Gasteiger partial charge >= 0.3 is 0 Å². The van der Waals surface area contributed by atoms with E-state index in [-0.39, 0.29) is 6.10 Å². The third-order valence-electron chi connectivity index (χ3n) is 2.89. The molecule has 0 aliphatic carbocycles. The maximum atomic E-state index is 5.62. The first-order valence-corrected chi connectivity index (χ1v) is 6.48. The first-order valence-electron chi connectivity index (χ1n) is 6.48. The number of piperidine rings is 1. The highest BCUT2D eigenvalue weighted by Gasteiger charge is 2.12. The molecule has 0 bridgehead atoms. The number of ether oxygens (including phenoxy) is 1. The van der Waals surface area contributed by atoms with Crippen LogP contribution in [-0.2, 0) is 0 Å². The van der Waals surface area contributed by atoms with E-state index in [1.807, 2.05) is 26.0 Å². The van der Waals surface area contributed by atoms with Crippen LogP contribution in [-0.4, -0.2) is 25.2 Å². The Hall–Kier alpha value is -1.22. The Kier molecular flexibility index (Phi) is 4.26. The number of anilines is 1. The van der Waals surface area contributed by atoms with Gasteiger partial charge in [-0.1, -0.05) is 0 Å². The van der Waals surface area contributed by atoms with Gasteiger partial charge in [0.15, 0.2) is 0 Å². The first kappa shape index (κ1) is 12.2. The van der Waals surface area contributed by atoms with Crippen molar-refractivity contribution in [1.82, 2.24) is 5.32 Å². The van der Waals surface area contributed by atoms with Crippen molar-refractivity contribution < 1.29 is 4.74 Å². The zero-order chi connectivity index (χ0) is 12.1. The van der Waals surface area contributed by atoms with Crippen molar-refractivity contribution in [3.63, 3.8) is 0 Å². The maximum Gasteiger partial charge on any atom is 0.119 e. The molecule has 1 fully saturated rings. The minimum Gasteiger partial charge on any atom is -0.491 e. The molecule has 17 heavy (non-hydrogen) atoms. The highest BCUT2D eigenvalue weighted by molar-refractivity contribution is 5.47. The maximum absolute atomic E-state index is 5.62. The molecule has 1 heterocycles. The molecule has 0 radical (unpaired) electrons. The van der Waals surface area contributed by atoms with Crippen molar-refractivity contribution in [2.24, 2.45) is 0 Å². The van der Waals surface area contributed by atoms with Crippen LogP contribution in [0.15, 0.2) is 24.3 Å². The van der Waals surface area contributed by atoms with Crippen molar-refractivity contribution in [2.75, 3.05) is 18.4 Å². The number of hydrogen-bond donors (Lipinski definition) is 2. The molecule has 1 aromatic rings. The molecule has 2 rings (SSSR count). The molecule has 0 amide bonds. The zero-order valence-electron chi connectivity index (χ0n) is 10.7. The van der Waals surface area contributed by atoms with E-state index in [0.29, 0.717) is 6.04 Å². The fourth-order valence-electron chi connectivity index (χ4n) is 2.11. The normalized spacial score (nSPS) is 20.3. The quantitative estimate of drug-likeness (QED) is 0.840. The fourth-order valence-corrected chi connectivity index (χ4v) is 2.11. The summed E-state index contributed by atoms with van der Waals surface area (Å²) < 4.78 is 5.62. The number of rotatable bonds is 4. The lowest BCUT2D eigenvalue weighted by molar-refractivity contribution is 0.242. The Balaban J connectivity index is 1.88. The van der Waals surface area contributed by atoms with Crippen LogP contribution in [0.5, 0.6) is 5.75 Å². The van der Waals surface area contributed by atoms with Crippen LogP contribution < -0.4 is 15.4 Å². The van der Waals surface area contributed by atoms with Gasteiger partial charge in [0.2, 0.25) is 0 Å². The van der Waals surface area contributed by atoms with E-state index in [0.717, 1.165) is 18.8 Å². The van der Waals surface area contributed by atoms with Gasteiger partial charge in [0.1, 0.15) is 5.75 Å². The minimum absolute atomic E-state index is 0.233. The van der Waals surface area contributed by atoms with Gasteiger partial charge in [-0.2, -0.15) is 0 Å². The summed E-state index contributed by atoms with van der Waals surface area (Å²) >= 11 is 0. The van der Waals surface area contributed by atoms with Crippen molar-refractivity contribution in [3.05, 3.63) is 24.3 Å². The topological polar surface area (TPSA) is 33.3 Å². The van der Waals surface area contributed by atoms with Crippen molar-refractivity contribution in [1.29, 1.82) is 0 Å². The second-order valence-electron chi connectivity index (χ2n) is 4.88. The van der Waals surface area contributed by atoms with Crippen molar-refractivity contribution in [2.45, 2.75) is 38.8 Å². The van der Waals surface area contributed by atoms with Crippen LogP contribution in [0, 0.1) is 0 Å². The van der Waals surface area contributed by atoms with Gasteiger partial charge in [-0.15, -0.1) is 0 Å². The Morgan fingerprint density at radius 1 is 1.29 bits per heavy atom. The predicted octanol–water partition coefficient (Wildman–Crippen LogP) is 2.64. The highest BCUT2D eigenvalue weighted by Crippen LogP contribution is 2.18. The number of benzene rings is 1. The average Bonchev–Trinajstić information content (AvgIpc) is 2.32. The molecule has 1 atom stereocenters. The van der Waals surface area contributed by atoms with Crippen LogP contribution >= 0.6 is 0 Å². The van der Waals surface area contributed by atoms with E-state index in [4.69, 9.17) is 4.74 Å². The molecule has 0 aromatic heterocycles. The first-order chi connectivity index (χ1) is 8.24. The smallest absolute Gasteiger partial charge is 0.119 e. The highest BCUT2D eigenvalue weighted by atomic mass is 16.5. The predicted molar refractivity (Wildman–Crippen MR) is 71.7 cm³/mol. The lowest BCUT2D eigenvalue weighted by atomic mass is 10.1. The lowest BCUT2D eigenvalue weighted by Gasteiger charge is -2.24. The number of hydrogen-bond acceptors (Lipinski definition) is 3. The molecular weight excluding hydrogens is 212 g/mol. The second kappa shape index (κ2) is 5.92.